The number of carbonyl (C=O) groups is 1. The van der Waals surface area contributed by atoms with Crippen LogP contribution in [0, 0.1) is 12.7 Å². The van der Waals surface area contributed by atoms with Crippen LogP contribution in [0.25, 0.3) is 16.7 Å². The lowest BCUT2D eigenvalue weighted by Gasteiger charge is -2.38. The van der Waals surface area contributed by atoms with Crippen LogP contribution in [0.15, 0.2) is 30.7 Å². The Kier molecular flexibility index (Phi) is 6.45. The van der Waals surface area contributed by atoms with Gasteiger partial charge in [-0.1, -0.05) is 6.07 Å². The van der Waals surface area contributed by atoms with Crippen molar-refractivity contribution in [1.82, 2.24) is 24.6 Å². The molecule has 2 bridgehead atoms. The molecule has 4 heterocycles. The van der Waals surface area contributed by atoms with Gasteiger partial charge in [-0.2, -0.15) is 13.5 Å². The second-order valence-electron chi connectivity index (χ2n) is 9.82. The molecular formula is C24H26FN5O5S. The number of aryl methyl sites for hydroxylation is 1. The number of halogens is 1. The van der Waals surface area contributed by atoms with Crippen LogP contribution in [-0.4, -0.2) is 62.9 Å². The highest BCUT2D eigenvalue weighted by Crippen LogP contribution is 2.43. The van der Waals surface area contributed by atoms with Gasteiger partial charge in [-0.25, -0.2) is 23.8 Å². The topological polar surface area (TPSA) is 117 Å². The van der Waals surface area contributed by atoms with Crippen molar-refractivity contribution in [1.29, 1.82) is 0 Å². The number of benzene rings is 1. The van der Waals surface area contributed by atoms with E-state index in [9.17, 15) is 9.18 Å². The zero-order valence-electron chi connectivity index (χ0n) is 19.9. The van der Waals surface area contributed by atoms with Crippen molar-refractivity contribution in [3.63, 3.8) is 0 Å². The number of fused-ring (bicyclic) bond motifs is 3. The van der Waals surface area contributed by atoms with Gasteiger partial charge in [0.15, 0.2) is 5.65 Å². The first kappa shape index (κ1) is 24.3. The number of aromatic nitrogens is 4. The third-order valence-electron chi connectivity index (χ3n) is 7.13. The third-order valence-corrected chi connectivity index (χ3v) is 7.13. The van der Waals surface area contributed by atoms with Crippen LogP contribution < -0.4 is 4.74 Å². The fourth-order valence-corrected chi connectivity index (χ4v) is 5.10. The Balaban J connectivity index is 0.000000848. The predicted octanol–water partition coefficient (Wildman–Crippen LogP) is 3.66. The first-order chi connectivity index (χ1) is 17.3. The average Bonchev–Trinajstić information content (AvgIpc) is 3.28. The van der Waals surface area contributed by atoms with Crippen LogP contribution in [0.4, 0.5) is 9.18 Å². The summed E-state index contributed by atoms with van der Waals surface area (Å²) in [5.74, 6) is 0.0710. The molecule has 3 aromatic rings. The van der Waals surface area contributed by atoms with E-state index < -0.39 is 11.6 Å². The summed E-state index contributed by atoms with van der Waals surface area (Å²) in [6.45, 7) is 3.83. The maximum absolute atomic E-state index is 14.5. The summed E-state index contributed by atoms with van der Waals surface area (Å²) in [4.78, 5) is 23.3. The molecule has 190 valence electrons. The Labute approximate surface area is 210 Å². The van der Waals surface area contributed by atoms with Gasteiger partial charge in [-0.15, -0.1) is 0 Å². The molecule has 36 heavy (non-hydrogen) atoms. The van der Waals surface area contributed by atoms with Gasteiger partial charge in [-0.3, -0.25) is 0 Å². The Bertz CT molecular complexity index is 1330. The standard InChI is InChI=1S/C24H26FN5O3.O2S/c1-14-3-6-20(19(25)9-14)30-21-18(12-28-30)22(27-13-26-21)32-17-10-15-4-5-16(11-17)29(15)23(31)33-24(2)7-8-24;1-3-2/h3,6,9,12-13,15-17H,4-5,7-8,10-11H2,1-2H3;. The fraction of sp³-hybridized carbons (Fsp3) is 0.500. The molecule has 3 aliphatic rings. The lowest BCUT2D eigenvalue weighted by Crippen LogP contribution is -2.50. The Hall–Kier alpha value is -3.41. The summed E-state index contributed by atoms with van der Waals surface area (Å²) in [5, 5.41) is 4.98. The van der Waals surface area contributed by atoms with Crippen LogP contribution in [0.5, 0.6) is 5.88 Å². The van der Waals surface area contributed by atoms with Crippen molar-refractivity contribution in [3.8, 4) is 11.6 Å². The molecule has 12 heteroatoms. The number of ether oxygens (including phenoxy) is 2. The first-order valence-electron chi connectivity index (χ1n) is 11.9. The first-order valence-corrected chi connectivity index (χ1v) is 12.5. The minimum absolute atomic E-state index is 0.0689. The molecule has 1 aromatic carbocycles. The van der Waals surface area contributed by atoms with E-state index in [1.54, 1.807) is 12.3 Å². The van der Waals surface area contributed by atoms with Gasteiger partial charge >= 0.3 is 17.7 Å². The van der Waals surface area contributed by atoms with E-state index in [-0.39, 0.29) is 35.7 Å². The maximum atomic E-state index is 14.5. The molecule has 3 fully saturated rings. The third kappa shape index (κ3) is 4.69. The largest absolute Gasteiger partial charge is 0.474 e. The molecule has 2 aliphatic heterocycles. The Morgan fingerprint density at radius 1 is 1.17 bits per heavy atom. The minimum atomic E-state index is -0.750. The highest BCUT2D eigenvalue weighted by atomic mass is 32.1. The predicted molar refractivity (Wildman–Crippen MR) is 127 cm³/mol. The van der Waals surface area contributed by atoms with E-state index in [1.165, 1.54) is 17.1 Å². The number of hydrogen-bond acceptors (Lipinski definition) is 8. The molecule has 10 nitrogen and oxygen atoms in total. The van der Waals surface area contributed by atoms with Gasteiger partial charge < -0.3 is 14.4 Å². The number of rotatable bonds is 4. The van der Waals surface area contributed by atoms with Gasteiger partial charge in [-0.05, 0) is 57.2 Å². The lowest BCUT2D eigenvalue weighted by molar-refractivity contribution is 0.0119. The van der Waals surface area contributed by atoms with E-state index in [0.29, 0.717) is 22.6 Å². The van der Waals surface area contributed by atoms with E-state index in [4.69, 9.17) is 17.9 Å². The van der Waals surface area contributed by atoms with Crippen LogP contribution in [0.1, 0.15) is 51.0 Å². The number of nitrogens with zero attached hydrogens (tertiary/aromatic N) is 5. The molecule has 0 radical (unpaired) electrons. The van der Waals surface area contributed by atoms with Gasteiger partial charge in [0.05, 0.1) is 6.20 Å². The van der Waals surface area contributed by atoms with Crippen molar-refractivity contribution >= 4 is 28.7 Å². The Morgan fingerprint density at radius 3 is 2.50 bits per heavy atom. The molecule has 2 saturated heterocycles. The average molecular weight is 516 g/mol. The second-order valence-corrected chi connectivity index (χ2v) is 9.95. The van der Waals surface area contributed by atoms with Gasteiger partial charge in [0.25, 0.3) is 0 Å². The number of carbonyl (C=O) groups excluding carboxylic acids is 1. The summed E-state index contributed by atoms with van der Waals surface area (Å²) in [6.07, 6.45) is 8.03. The van der Waals surface area contributed by atoms with E-state index in [0.717, 1.165) is 44.1 Å². The van der Waals surface area contributed by atoms with E-state index in [2.05, 4.69) is 15.1 Å². The summed E-state index contributed by atoms with van der Waals surface area (Å²) in [7, 11) is 0. The van der Waals surface area contributed by atoms with Crippen molar-refractivity contribution in [2.24, 2.45) is 0 Å². The number of hydrogen-bond donors (Lipinski definition) is 0. The summed E-state index contributed by atoms with van der Waals surface area (Å²) in [6, 6.07) is 5.23. The van der Waals surface area contributed by atoms with Crippen molar-refractivity contribution in [2.75, 3.05) is 0 Å². The molecular weight excluding hydrogens is 489 g/mol. The van der Waals surface area contributed by atoms with Crippen LogP contribution in [0.2, 0.25) is 0 Å². The fourth-order valence-electron chi connectivity index (χ4n) is 5.10. The molecule has 1 aliphatic carbocycles. The minimum Gasteiger partial charge on any atom is -0.474 e. The molecule has 2 aromatic heterocycles. The summed E-state index contributed by atoms with van der Waals surface area (Å²) < 4.78 is 44.6. The Morgan fingerprint density at radius 2 is 1.86 bits per heavy atom. The second kappa shape index (κ2) is 9.57. The maximum Gasteiger partial charge on any atom is 0.410 e. The van der Waals surface area contributed by atoms with Crippen LogP contribution >= 0.6 is 0 Å². The molecule has 1 saturated carbocycles. The SMILES string of the molecule is Cc1ccc(-n2ncc3c(OC4CC5CCC(C4)N5C(=O)OC4(C)CC4)ncnc32)c(F)c1.O=S=O. The van der Waals surface area contributed by atoms with E-state index >= 15 is 0 Å². The van der Waals surface area contributed by atoms with Gasteiger partial charge in [0.1, 0.15) is 34.9 Å². The molecule has 0 spiro atoms. The monoisotopic (exact) mass is 515 g/mol. The summed E-state index contributed by atoms with van der Waals surface area (Å²) in [5.41, 5.74) is 1.38. The highest BCUT2D eigenvalue weighted by Gasteiger charge is 2.49. The normalized spacial score (nSPS) is 23.5. The van der Waals surface area contributed by atoms with Crippen molar-refractivity contribution in [3.05, 3.63) is 42.1 Å². The van der Waals surface area contributed by atoms with Crippen LogP contribution in [-0.2, 0) is 16.3 Å². The molecule has 1 amide bonds. The zero-order valence-corrected chi connectivity index (χ0v) is 20.7. The number of piperidine rings is 1. The quantitative estimate of drug-likeness (QED) is 0.517. The summed E-state index contributed by atoms with van der Waals surface area (Å²) >= 11 is -0.750. The smallest absolute Gasteiger partial charge is 0.410 e. The zero-order chi connectivity index (χ0) is 25.4. The van der Waals surface area contributed by atoms with Gasteiger partial charge in [0.2, 0.25) is 5.88 Å². The molecule has 2 unspecified atom stereocenters. The van der Waals surface area contributed by atoms with Gasteiger partial charge in [0, 0.05) is 24.9 Å². The number of amides is 1. The highest BCUT2D eigenvalue weighted by molar-refractivity contribution is 7.51. The lowest BCUT2D eigenvalue weighted by atomic mass is 10.0. The van der Waals surface area contributed by atoms with E-state index in [1.807, 2.05) is 24.8 Å². The molecule has 6 rings (SSSR count). The van der Waals surface area contributed by atoms with Crippen LogP contribution in [0.3, 0.4) is 0 Å². The molecule has 2 atom stereocenters. The molecule has 0 N–H and O–H groups in total. The van der Waals surface area contributed by atoms with Crippen molar-refractivity contribution < 1.29 is 27.1 Å². The van der Waals surface area contributed by atoms with Crippen molar-refractivity contribution in [2.45, 2.75) is 76.2 Å².